The zero-order valence-electron chi connectivity index (χ0n) is 11.1. The van der Waals surface area contributed by atoms with Gasteiger partial charge in [-0.25, -0.2) is 0 Å². The molecule has 0 aromatic carbocycles. The Bertz CT molecular complexity index is 357. The molecular weight excluding hydrogens is 258 g/mol. The molecule has 2 fully saturated rings. The molecule has 1 aliphatic carbocycles. The van der Waals surface area contributed by atoms with Gasteiger partial charge in [0.1, 0.15) is 0 Å². The lowest BCUT2D eigenvalue weighted by molar-refractivity contribution is 0.339. The Kier molecular flexibility index (Phi) is 4.32. The van der Waals surface area contributed by atoms with E-state index in [1.165, 1.54) is 37.9 Å². The third-order valence-electron chi connectivity index (χ3n) is 4.33. The average Bonchev–Trinajstić information content (AvgIpc) is 3.09. The molecule has 1 N–H and O–H groups in total. The molecule has 2 heterocycles. The summed E-state index contributed by atoms with van der Waals surface area (Å²) in [6, 6.07) is 5.89. The van der Waals surface area contributed by atoms with Gasteiger partial charge in [-0.05, 0) is 36.6 Å². The molecule has 3 unspecified atom stereocenters. The topological polar surface area (TPSA) is 12.0 Å². The van der Waals surface area contributed by atoms with Crippen LogP contribution >= 0.6 is 23.1 Å². The standard InChI is InChI=1S/C15H23NS2/c1-11-9-13(10-18-11)16-15(12-5-2-3-6-12)14-7-4-8-17-14/h4,7-8,11-13,15-16H,2-3,5-6,9-10H2,1H3. The summed E-state index contributed by atoms with van der Waals surface area (Å²) in [5, 5.41) is 7.05. The van der Waals surface area contributed by atoms with Gasteiger partial charge in [-0.15, -0.1) is 11.3 Å². The van der Waals surface area contributed by atoms with Crippen molar-refractivity contribution in [2.75, 3.05) is 5.75 Å². The molecule has 18 heavy (non-hydrogen) atoms. The van der Waals surface area contributed by atoms with Crippen LogP contribution in [-0.2, 0) is 0 Å². The van der Waals surface area contributed by atoms with Gasteiger partial charge in [-0.2, -0.15) is 11.8 Å². The Balaban J connectivity index is 1.69. The summed E-state index contributed by atoms with van der Waals surface area (Å²) in [7, 11) is 0. The maximum atomic E-state index is 3.98. The smallest absolute Gasteiger partial charge is 0.0445 e. The molecule has 0 radical (unpaired) electrons. The molecule has 1 nitrogen and oxygen atoms in total. The number of hydrogen-bond acceptors (Lipinski definition) is 3. The van der Waals surface area contributed by atoms with Crippen LogP contribution in [0.3, 0.4) is 0 Å². The Morgan fingerprint density at radius 3 is 2.78 bits per heavy atom. The minimum absolute atomic E-state index is 0.628. The number of hydrogen-bond donors (Lipinski definition) is 1. The highest BCUT2D eigenvalue weighted by atomic mass is 32.2. The van der Waals surface area contributed by atoms with E-state index in [0.717, 1.165) is 17.2 Å². The molecule has 100 valence electrons. The molecule has 0 spiro atoms. The second-order valence-corrected chi connectivity index (χ2v) is 8.23. The summed E-state index contributed by atoms with van der Waals surface area (Å²) in [5.74, 6) is 2.18. The van der Waals surface area contributed by atoms with Gasteiger partial charge in [-0.3, -0.25) is 0 Å². The first-order valence-corrected chi connectivity index (χ1v) is 9.17. The number of thiophene rings is 1. The summed E-state index contributed by atoms with van der Waals surface area (Å²) in [5.41, 5.74) is 0. The number of thioether (sulfide) groups is 1. The van der Waals surface area contributed by atoms with Gasteiger partial charge in [0.25, 0.3) is 0 Å². The average molecular weight is 281 g/mol. The van der Waals surface area contributed by atoms with E-state index in [2.05, 4.69) is 41.5 Å². The molecule has 1 saturated heterocycles. The third-order valence-corrected chi connectivity index (χ3v) is 6.65. The van der Waals surface area contributed by atoms with E-state index < -0.39 is 0 Å². The van der Waals surface area contributed by atoms with E-state index in [-0.39, 0.29) is 0 Å². The summed E-state index contributed by atoms with van der Waals surface area (Å²) < 4.78 is 0. The lowest BCUT2D eigenvalue weighted by atomic mass is 9.95. The third kappa shape index (κ3) is 2.94. The van der Waals surface area contributed by atoms with Crippen LogP contribution in [0, 0.1) is 5.92 Å². The van der Waals surface area contributed by atoms with Crippen LogP contribution in [0.25, 0.3) is 0 Å². The van der Waals surface area contributed by atoms with Crippen molar-refractivity contribution in [1.82, 2.24) is 5.32 Å². The molecule has 0 amide bonds. The van der Waals surface area contributed by atoms with Gasteiger partial charge in [0.2, 0.25) is 0 Å². The van der Waals surface area contributed by atoms with E-state index in [0.29, 0.717) is 6.04 Å². The van der Waals surface area contributed by atoms with E-state index in [1.807, 2.05) is 11.3 Å². The second-order valence-electron chi connectivity index (χ2n) is 5.78. The Morgan fingerprint density at radius 1 is 1.33 bits per heavy atom. The largest absolute Gasteiger partial charge is 0.305 e. The quantitative estimate of drug-likeness (QED) is 0.874. The lowest BCUT2D eigenvalue weighted by Crippen LogP contribution is -2.36. The molecule has 1 saturated carbocycles. The molecule has 3 atom stereocenters. The molecule has 3 heteroatoms. The summed E-state index contributed by atoms with van der Waals surface area (Å²) in [4.78, 5) is 1.56. The molecule has 0 bridgehead atoms. The molecule has 1 aromatic rings. The fraction of sp³-hybridized carbons (Fsp3) is 0.733. The molecule has 3 rings (SSSR count). The monoisotopic (exact) mass is 281 g/mol. The Morgan fingerprint density at radius 2 is 2.17 bits per heavy atom. The Labute approximate surface area is 119 Å². The van der Waals surface area contributed by atoms with Crippen molar-refractivity contribution in [3.8, 4) is 0 Å². The van der Waals surface area contributed by atoms with Gasteiger partial charge in [0.15, 0.2) is 0 Å². The van der Waals surface area contributed by atoms with Crippen LogP contribution in [0.2, 0.25) is 0 Å². The van der Waals surface area contributed by atoms with Gasteiger partial charge < -0.3 is 5.32 Å². The zero-order chi connectivity index (χ0) is 12.4. The van der Waals surface area contributed by atoms with Crippen molar-refractivity contribution in [2.24, 2.45) is 5.92 Å². The molecule has 1 aromatic heterocycles. The first kappa shape index (κ1) is 13.0. The highest BCUT2D eigenvalue weighted by Gasteiger charge is 2.31. The number of rotatable bonds is 4. The van der Waals surface area contributed by atoms with Crippen LogP contribution in [0.4, 0.5) is 0 Å². The predicted octanol–water partition coefficient (Wildman–Crippen LogP) is 4.46. The molecular formula is C15H23NS2. The van der Waals surface area contributed by atoms with Crippen molar-refractivity contribution in [3.05, 3.63) is 22.4 Å². The maximum absolute atomic E-state index is 3.98. The lowest BCUT2D eigenvalue weighted by Gasteiger charge is -2.27. The van der Waals surface area contributed by atoms with Crippen molar-refractivity contribution in [1.29, 1.82) is 0 Å². The SMILES string of the molecule is CC1CC(NC(c2cccs2)C2CCCC2)CS1. The highest BCUT2D eigenvalue weighted by Crippen LogP contribution is 2.39. The first-order valence-electron chi connectivity index (χ1n) is 7.24. The Hall–Kier alpha value is 0.01000. The summed E-state index contributed by atoms with van der Waals surface area (Å²) in [6.07, 6.45) is 7.06. The minimum atomic E-state index is 0.628. The van der Waals surface area contributed by atoms with Gasteiger partial charge in [0.05, 0.1) is 0 Å². The van der Waals surface area contributed by atoms with E-state index in [9.17, 15) is 0 Å². The number of nitrogens with one attached hydrogen (secondary N) is 1. The van der Waals surface area contributed by atoms with E-state index in [1.54, 1.807) is 4.88 Å². The van der Waals surface area contributed by atoms with Crippen molar-refractivity contribution < 1.29 is 0 Å². The fourth-order valence-corrected chi connectivity index (χ4v) is 5.44. The zero-order valence-corrected chi connectivity index (χ0v) is 12.7. The van der Waals surface area contributed by atoms with E-state index in [4.69, 9.17) is 0 Å². The normalized spacial score (nSPS) is 30.9. The van der Waals surface area contributed by atoms with E-state index >= 15 is 0 Å². The fourth-order valence-electron chi connectivity index (χ4n) is 3.40. The van der Waals surface area contributed by atoms with Crippen LogP contribution in [-0.4, -0.2) is 17.0 Å². The summed E-state index contributed by atoms with van der Waals surface area (Å²) in [6.45, 7) is 2.36. The van der Waals surface area contributed by atoms with Crippen molar-refractivity contribution >= 4 is 23.1 Å². The van der Waals surface area contributed by atoms with Crippen LogP contribution in [0.1, 0.15) is 49.9 Å². The molecule has 2 aliphatic rings. The van der Waals surface area contributed by atoms with Crippen LogP contribution in [0.15, 0.2) is 17.5 Å². The van der Waals surface area contributed by atoms with Crippen LogP contribution in [0.5, 0.6) is 0 Å². The minimum Gasteiger partial charge on any atom is -0.305 e. The summed E-state index contributed by atoms with van der Waals surface area (Å²) >= 11 is 4.06. The second kappa shape index (κ2) is 5.98. The van der Waals surface area contributed by atoms with Crippen molar-refractivity contribution in [3.63, 3.8) is 0 Å². The van der Waals surface area contributed by atoms with Crippen molar-refractivity contribution in [2.45, 2.75) is 56.4 Å². The first-order chi connectivity index (χ1) is 8.83. The van der Waals surface area contributed by atoms with Crippen LogP contribution < -0.4 is 5.32 Å². The van der Waals surface area contributed by atoms with Gasteiger partial charge in [-0.1, -0.05) is 25.8 Å². The molecule has 1 aliphatic heterocycles. The predicted molar refractivity (Wildman–Crippen MR) is 82.5 cm³/mol. The van der Waals surface area contributed by atoms with Gasteiger partial charge in [0, 0.05) is 28.0 Å². The highest BCUT2D eigenvalue weighted by molar-refractivity contribution is 8.00. The van der Waals surface area contributed by atoms with Gasteiger partial charge >= 0.3 is 0 Å². The maximum Gasteiger partial charge on any atom is 0.0445 e.